The lowest BCUT2D eigenvalue weighted by Crippen LogP contribution is -2.64. The van der Waals surface area contributed by atoms with Gasteiger partial charge in [-0.15, -0.1) is 0 Å². The third-order valence-electron chi connectivity index (χ3n) is 4.46. The van der Waals surface area contributed by atoms with Crippen LogP contribution in [0, 0.1) is 0 Å². The van der Waals surface area contributed by atoms with Crippen LogP contribution in [0.2, 0.25) is 0 Å². The fourth-order valence-corrected chi connectivity index (χ4v) is 3.25. The highest BCUT2D eigenvalue weighted by Crippen LogP contribution is 2.27. The van der Waals surface area contributed by atoms with E-state index in [9.17, 15) is 9.59 Å². The van der Waals surface area contributed by atoms with E-state index in [1.165, 1.54) is 11.1 Å². The minimum absolute atomic E-state index is 0.0173. The Morgan fingerprint density at radius 1 is 1.27 bits per heavy atom. The molecule has 2 amide bonds. The van der Waals surface area contributed by atoms with Gasteiger partial charge < -0.3 is 10.2 Å². The van der Waals surface area contributed by atoms with E-state index in [4.69, 9.17) is 0 Å². The number of nitrogens with zero attached hydrogens (tertiary/aromatic N) is 1. The zero-order valence-electron chi connectivity index (χ0n) is 13.1. The first-order valence-electron chi connectivity index (χ1n) is 7.87. The van der Waals surface area contributed by atoms with Crippen molar-refractivity contribution in [2.75, 3.05) is 0 Å². The molecule has 0 unspecified atom stereocenters. The van der Waals surface area contributed by atoms with Crippen molar-refractivity contribution in [1.29, 1.82) is 0 Å². The van der Waals surface area contributed by atoms with Gasteiger partial charge in [-0.05, 0) is 37.8 Å². The monoisotopic (exact) mass is 298 g/mol. The summed E-state index contributed by atoms with van der Waals surface area (Å²) in [6, 6.07) is 7.33. The molecule has 0 bridgehead atoms. The van der Waals surface area contributed by atoms with Gasteiger partial charge in [0.15, 0.2) is 0 Å². The lowest BCUT2D eigenvalue weighted by molar-refractivity contribution is -0.150. The van der Waals surface area contributed by atoms with E-state index in [1.807, 2.05) is 38.1 Å². The normalized spacial score (nSPS) is 23.5. The van der Waals surface area contributed by atoms with Crippen LogP contribution >= 0.6 is 0 Å². The van der Waals surface area contributed by atoms with E-state index in [0.717, 1.165) is 12.0 Å². The summed E-state index contributed by atoms with van der Waals surface area (Å²) in [7, 11) is 0. The van der Waals surface area contributed by atoms with Crippen LogP contribution in [0.25, 0.3) is 0 Å². The Balaban J connectivity index is 1.77. The molecular formula is C18H22N2O2. The average molecular weight is 298 g/mol. The van der Waals surface area contributed by atoms with E-state index in [0.29, 0.717) is 19.4 Å². The first-order chi connectivity index (χ1) is 10.6. The molecule has 0 aliphatic carbocycles. The highest BCUT2D eigenvalue weighted by atomic mass is 16.2. The summed E-state index contributed by atoms with van der Waals surface area (Å²) in [6.07, 6.45) is 4.21. The van der Waals surface area contributed by atoms with Gasteiger partial charge in [-0.2, -0.15) is 0 Å². The summed E-state index contributed by atoms with van der Waals surface area (Å²) in [5.41, 5.74) is 3.57. The summed E-state index contributed by atoms with van der Waals surface area (Å²) < 4.78 is 0. The Kier molecular flexibility index (Phi) is 4.01. The average Bonchev–Trinajstić information content (AvgIpc) is 2.50. The quantitative estimate of drug-likeness (QED) is 0.870. The number of nitrogens with one attached hydrogen (secondary N) is 1. The topological polar surface area (TPSA) is 49.4 Å². The predicted octanol–water partition coefficient (Wildman–Crippen LogP) is 2.18. The predicted molar refractivity (Wildman–Crippen MR) is 85.1 cm³/mol. The molecule has 1 aromatic rings. The molecule has 2 atom stereocenters. The molecule has 4 nitrogen and oxygen atoms in total. The minimum atomic E-state index is -0.385. The highest BCUT2D eigenvalue weighted by Gasteiger charge is 2.42. The van der Waals surface area contributed by atoms with Crippen LogP contribution in [0.15, 0.2) is 35.9 Å². The van der Waals surface area contributed by atoms with Crippen LogP contribution in [-0.2, 0) is 22.6 Å². The third kappa shape index (κ3) is 2.78. The number of rotatable bonds is 3. The number of amides is 2. The molecule has 1 N–H and O–H groups in total. The number of fused-ring (bicyclic) bond motifs is 2. The van der Waals surface area contributed by atoms with Gasteiger partial charge in [-0.25, -0.2) is 0 Å². The van der Waals surface area contributed by atoms with Gasteiger partial charge in [-0.3, -0.25) is 9.59 Å². The van der Waals surface area contributed by atoms with E-state index in [2.05, 4.69) is 11.4 Å². The van der Waals surface area contributed by atoms with Crippen molar-refractivity contribution in [3.8, 4) is 0 Å². The summed E-state index contributed by atoms with van der Waals surface area (Å²) in [4.78, 5) is 26.8. The van der Waals surface area contributed by atoms with Crippen molar-refractivity contribution in [3.05, 3.63) is 47.0 Å². The Morgan fingerprint density at radius 3 is 2.73 bits per heavy atom. The molecule has 22 heavy (non-hydrogen) atoms. The van der Waals surface area contributed by atoms with Crippen molar-refractivity contribution in [3.63, 3.8) is 0 Å². The number of piperazine rings is 1. The van der Waals surface area contributed by atoms with Crippen LogP contribution in [0.1, 0.15) is 37.8 Å². The second kappa shape index (κ2) is 5.95. The zero-order valence-corrected chi connectivity index (χ0v) is 13.1. The van der Waals surface area contributed by atoms with Crippen molar-refractivity contribution in [1.82, 2.24) is 10.2 Å². The fraction of sp³-hybridized carbons (Fsp3) is 0.444. The van der Waals surface area contributed by atoms with E-state index < -0.39 is 0 Å². The second-order valence-corrected chi connectivity index (χ2v) is 6.37. The minimum Gasteiger partial charge on any atom is -0.342 e. The first kappa shape index (κ1) is 14.8. The summed E-state index contributed by atoms with van der Waals surface area (Å²) in [5, 5.41) is 2.91. The number of hydrogen-bond donors (Lipinski definition) is 1. The molecule has 0 saturated carbocycles. The SMILES string of the molecule is CC(C)=CCC[C@@H]1NC(=O)[C@@H]2Cc3ccccc3CN2C1=O. The van der Waals surface area contributed by atoms with Gasteiger partial charge in [0.1, 0.15) is 12.1 Å². The van der Waals surface area contributed by atoms with Gasteiger partial charge in [0.05, 0.1) is 0 Å². The number of carbonyl (C=O) groups is 2. The molecule has 0 spiro atoms. The van der Waals surface area contributed by atoms with Crippen molar-refractivity contribution in [2.45, 2.75) is 51.7 Å². The van der Waals surface area contributed by atoms with Crippen molar-refractivity contribution < 1.29 is 9.59 Å². The van der Waals surface area contributed by atoms with Crippen LogP contribution in [0.3, 0.4) is 0 Å². The highest BCUT2D eigenvalue weighted by molar-refractivity contribution is 5.97. The maximum absolute atomic E-state index is 12.7. The van der Waals surface area contributed by atoms with Gasteiger partial charge in [0.2, 0.25) is 11.8 Å². The molecule has 3 rings (SSSR count). The summed E-state index contributed by atoms with van der Waals surface area (Å²) in [6.45, 7) is 4.63. The van der Waals surface area contributed by atoms with Crippen molar-refractivity contribution in [2.24, 2.45) is 0 Å². The molecular weight excluding hydrogens is 276 g/mol. The third-order valence-corrected chi connectivity index (χ3v) is 4.46. The Labute approximate surface area is 131 Å². The first-order valence-corrected chi connectivity index (χ1v) is 7.87. The molecule has 2 aliphatic heterocycles. The molecule has 0 radical (unpaired) electrons. The van der Waals surface area contributed by atoms with Gasteiger partial charge in [0, 0.05) is 13.0 Å². The van der Waals surface area contributed by atoms with Gasteiger partial charge in [-0.1, -0.05) is 35.9 Å². The number of carbonyl (C=O) groups excluding carboxylic acids is 2. The van der Waals surface area contributed by atoms with Crippen LogP contribution in [0.4, 0.5) is 0 Å². The largest absolute Gasteiger partial charge is 0.342 e. The number of hydrogen-bond acceptors (Lipinski definition) is 2. The molecule has 1 aromatic carbocycles. The standard InChI is InChI=1S/C18H22N2O2/c1-12(2)6-5-9-15-18(22)20-11-14-8-4-3-7-13(14)10-16(20)17(21)19-15/h3-4,6-8,15-16H,5,9-11H2,1-2H3,(H,19,21)/t15-,16-/m0/s1. The van der Waals surface area contributed by atoms with Crippen LogP contribution < -0.4 is 5.32 Å². The summed E-state index contributed by atoms with van der Waals surface area (Å²) in [5.74, 6) is 0.0394. The molecule has 1 fully saturated rings. The second-order valence-electron chi connectivity index (χ2n) is 6.37. The van der Waals surface area contributed by atoms with E-state index in [-0.39, 0.29) is 23.9 Å². The Bertz CT molecular complexity index is 632. The van der Waals surface area contributed by atoms with Gasteiger partial charge >= 0.3 is 0 Å². The zero-order chi connectivity index (χ0) is 15.7. The maximum Gasteiger partial charge on any atom is 0.246 e. The van der Waals surface area contributed by atoms with Crippen LogP contribution in [0.5, 0.6) is 0 Å². The lowest BCUT2D eigenvalue weighted by Gasteiger charge is -2.42. The van der Waals surface area contributed by atoms with E-state index >= 15 is 0 Å². The Hall–Kier alpha value is -2.10. The van der Waals surface area contributed by atoms with Crippen molar-refractivity contribution >= 4 is 11.8 Å². The van der Waals surface area contributed by atoms with Crippen LogP contribution in [-0.4, -0.2) is 28.8 Å². The van der Waals surface area contributed by atoms with E-state index in [1.54, 1.807) is 4.90 Å². The molecule has 0 aromatic heterocycles. The molecule has 2 heterocycles. The lowest BCUT2D eigenvalue weighted by atomic mass is 9.90. The smallest absolute Gasteiger partial charge is 0.246 e. The number of allylic oxidation sites excluding steroid dienone is 2. The molecule has 4 heteroatoms. The molecule has 2 aliphatic rings. The summed E-state index contributed by atoms with van der Waals surface area (Å²) >= 11 is 0. The Morgan fingerprint density at radius 2 is 2.00 bits per heavy atom. The molecule has 1 saturated heterocycles. The fourth-order valence-electron chi connectivity index (χ4n) is 3.25. The van der Waals surface area contributed by atoms with Gasteiger partial charge in [0.25, 0.3) is 0 Å². The molecule has 116 valence electrons. The maximum atomic E-state index is 12.7. The number of benzene rings is 1.